The highest BCUT2D eigenvalue weighted by atomic mass is 32.1. The van der Waals surface area contributed by atoms with Gasteiger partial charge in [0.05, 0.1) is 6.54 Å². The van der Waals surface area contributed by atoms with Crippen LogP contribution in [-0.2, 0) is 6.54 Å². The Labute approximate surface area is 145 Å². The molecule has 3 rings (SSSR count). The maximum Gasteiger partial charge on any atom is 0.324 e. The largest absolute Gasteiger partial charge is 0.464 e. The minimum atomic E-state index is -0.176. The van der Waals surface area contributed by atoms with Crippen molar-refractivity contribution in [3.63, 3.8) is 0 Å². The first kappa shape index (κ1) is 16.9. The summed E-state index contributed by atoms with van der Waals surface area (Å²) in [6.45, 7) is 3.71. The van der Waals surface area contributed by atoms with Gasteiger partial charge in [-0.2, -0.15) is 0 Å². The Morgan fingerprint density at radius 2 is 2.12 bits per heavy atom. The molecular formula is C16H23N5O2S. The Hall–Kier alpha value is -1.93. The normalized spacial score (nSPS) is 14.2. The SMILES string of the molecule is Cc1ccc(CN(CCN(C)C)C(=O)Nc2nnc(C3CC3)s2)o1. The van der Waals surface area contributed by atoms with Crippen LogP contribution >= 0.6 is 11.3 Å². The number of amides is 2. The maximum atomic E-state index is 12.6. The van der Waals surface area contributed by atoms with Crippen LogP contribution in [0.4, 0.5) is 9.93 Å². The van der Waals surface area contributed by atoms with Crippen LogP contribution in [-0.4, -0.2) is 53.2 Å². The van der Waals surface area contributed by atoms with Gasteiger partial charge in [0.15, 0.2) is 0 Å². The van der Waals surface area contributed by atoms with E-state index in [1.807, 2.05) is 38.1 Å². The van der Waals surface area contributed by atoms with E-state index >= 15 is 0 Å². The highest BCUT2D eigenvalue weighted by Crippen LogP contribution is 2.42. The second-order valence-electron chi connectivity index (χ2n) is 6.39. The van der Waals surface area contributed by atoms with Gasteiger partial charge in [0.1, 0.15) is 16.5 Å². The van der Waals surface area contributed by atoms with Gasteiger partial charge in [-0.3, -0.25) is 5.32 Å². The van der Waals surface area contributed by atoms with Crippen LogP contribution < -0.4 is 5.32 Å². The minimum absolute atomic E-state index is 0.176. The van der Waals surface area contributed by atoms with Crippen molar-refractivity contribution in [3.05, 3.63) is 28.7 Å². The van der Waals surface area contributed by atoms with E-state index in [2.05, 4.69) is 15.5 Å². The maximum absolute atomic E-state index is 12.6. The third-order valence-corrected chi connectivity index (χ3v) is 4.83. The van der Waals surface area contributed by atoms with Gasteiger partial charge >= 0.3 is 6.03 Å². The van der Waals surface area contributed by atoms with Crippen LogP contribution in [0.25, 0.3) is 0 Å². The zero-order valence-corrected chi connectivity index (χ0v) is 15.1. The molecule has 2 aromatic rings. The lowest BCUT2D eigenvalue weighted by molar-refractivity contribution is 0.196. The molecule has 0 aromatic carbocycles. The first-order valence-electron chi connectivity index (χ1n) is 8.10. The van der Waals surface area contributed by atoms with Crippen molar-refractivity contribution in [1.29, 1.82) is 0 Å². The zero-order valence-electron chi connectivity index (χ0n) is 14.3. The van der Waals surface area contributed by atoms with Crippen molar-refractivity contribution in [2.75, 3.05) is 32.5 Å². The molecular weight excluding hydrogens is 326 g/mol. The van der Waals surface area contributed by atoms with Gasteiger partial charge in [0.2, 0.25) is 5.13 Å². The third-order valence-electron chi connectivity index (χ3n) is 3.83. The summed E-state index contributed by atoms with van der Waals surface area (Å²) in [4.78, 5) is 16.4. The van der Waals surface area contributed by atoms with Crippen molar-refractivity contribution >= 4 is 22.5 Å². The van der Waals surface area contributed by atoms with Gasteiger partial charge in [0, 0.05) is 19.0 Å². The molecule has 1 N–H and O–H groups in total. The number of aromatic nitrogens is 2. The van der Waals surface area contributed by atoms with Crippen molar-refractivity contribution in [3.8, 4) is 0 Å². The zero-order chi connectivity index (χ0) is 17.1. The monoisotopic (exact) mass is 349 g/mol. The van der Waals surface area contributed by atoms with Crippen molar-refractivity contribution in [2.45, 2.75) is 32.2 Å². The first-order chi connectivity index (χ1) is 11.5. The molecule has 7 nitrogen and oxygen atoms in total. The molecule has 8 heteroatoms. The number of rotatable bonds is 7. The van der Waals surface area contributed by atoms with Gasteiger partial charge in [-0.05, 0) is 46.0 Å². The smallest absolute Gasteiger partial charge is 0.324 e. The summed E-state index contributed by atoms with van der Waals surface area (Å²) >= 11 is 1.47. The summed E-state index contributed by atoms with van der Waals surface area (Å²) in [5.41, 5.74) is 0. The quantitative estimate of drug-likeness (QED) is 0.832. The van der Waals surface area contributed by atoms with E-state index in [9.17, 15) is 4.79 Å². The van der Waals surface area contributed by atoms with Gasteiger partial charge in [-0.1, -0.05) is 11.3 Å². The van der Waals surface area contributed by atoms with Crippen LogP contribution in [0, 0.1) is 6.92 Å². The Bertz CT molecular complexity index is 692. The molecule has 1 aliphatic carbocycles. The molecule has 2 amide bonds. The number of anilines is 1. The number of carbonyl (C=O) groups is 1. The van der Waals surface area contributed by atoms with Crippen molar-refractivity contribution < 1.29 is 9.21 Å². The Morgan fingerprint density at radius 1 is 1.33 bits per heavy atom. The van der Waals surface area contributed by atoms with Crippen molar-refractivity contribution in [2.24, 2.45) is 0 Å². The van der Waals surface area contributed by atoms with E-state index in [0.29, 0.717) is 24.1 Å². The summed E-state index contributed by atoms with van der Waals surface area (Å²) < 4.78 is 5.60. The number of urea groups is 1. The molecule has 0 unspecified atom stereocenters. The summed E-state index contributed by atoms with van der Waals surface area (Å²) in [6.07, 6.45) is 2.35. The molecule has 0 atom stereocenters. The third kappa shape index (κ3) is 4.55. The lowest BCUT2D eigenvalue weighted by Gasteiger charge is -2.23. The molecule has 0 aliphatic heterocycles. The van der Waals surface area contributed by atoms with E-state index in [4.69, 9.17) is 4.42 Å². The first-order valence-corrected chi connectivity index (χ1v) is 8.92. The molecule has 2 aromatic heterocycles. The van der Waals surface area contributed by atoms with Gasteiger partial charge in [-0.25, -0.2) is 4.79 Å². The fourth-order valence-electron chi connectivity index (χ4n) is 2.28. The van der Waals surface area contributed by atoms with Gasteiger partial charge < -0.3 is 14.2 Å². The lowest BCUT2D eigenvalue weighted by Crippen LogP contribution is -2.38. The van der Waals surface area contributed by atoms with E-state index in [1.54, 1.807) is 4.90 Å². The van der Waals surface area contributed by atoms with E-state index in [1.165, 1.54) is 24.2 Å². The molecule has 0 bridgehead atoms. The topological polar surface area (TPSA) is 74.5 Å². The predicted octanol–water partition coefficient (Wildman–Crippen LogP) is 2.91. The summed E-state index contributed by atoms with van der Waals surface area (Å²) in [6, 6.07) is 3.63. The number of aryl methyl sites for hydroxylation is 1. The number of hydrogen-bond acceptors (Lipinski definition) is 6. The number of carbonyl (C=O) groups excluding carboxylic acids is 1. The van der Waals surface area contributed by atoms with Crippen LogP contribution in [0.15, 0.2) is 16.5 Å². The Morgan fingerprint density at radius 3 is 2.75 bits per heavy atom. The number of nitrogens with zero attached hydrogens (tertiary/aromatic N) is 4. The molecule has 130 valence electrons. The van der Waals surface area contributed by atoms with Gasteiger partial charge in [0.25, 0.3) is 0 Å². The van der Waals surface area contributed by atoms with Crippen LogP contribution in [0.3, 0.4) is 0 Å². The van der Waals surface area contributed by atoms with Crippen LogP contribution in [0.1, 0.15) is 35.3 Å². The molecule has 24 heavy (non-hydrogen) atoms. The highest BCUT2D eigenvalue weighted by Gasteiger charge is 2.28. The average molecular weight is 349 g/mol. The van der Waals surface area contributed by atoms with Crippen LogP contribution in [0.2, 0.25) is 0 Å². The van der Waals surface area contributed by atoms with Crippen molar-refractivity contribution in [1.82, 2.24) is 20.0 Å². The lowest BCUT2D eigenvalue weighted by atomic mass is 10.4. The minimum Gasteiger partial charge on any atom is -0.464 e. The second-order valence-corrected chi connectivity index (χ2v) is 7.40. The number of hydrogen-bond donors (Lipinski definition) is 1. The summed E-state index contributed by atoms with van der Waals surface area (Å²) in [7, 11) is 3.97. The summed E-state index contributed by atoms with van der Waals surface area (Å²) in [5, 5.41) is 12.7. The van der Waals surface area contributed by atoms with Gasteiger partial charge in [-0.15, -0.1) is 10.2 Å². The molecule has 1 saturated carbocycles. The standard InChI is InChI=1S/C16H23N5O2S/c1-11-4-7-13(23-11)10-21(9-8-20(2)3)16(22)17-15-19-18-14(24-15)12-5-6-12/h4,7,12H,5-6,8-10H2,1-3H3,(H,17,19,22). The molecule has 0 radical (unpaired) electrons. The average Bonchev–Trinajstić information content (AvgIpc) is 3.15. The predicted molar refractivity (Wildman–Crippen MR) is 93.3 cm³/mol. The van der Waals surface area contributed by atoms with Crippen LogP contribution in [0.5, 0.6) is 0 Å². The molecule has 1 aliphatic rings. The molecule has 2 heterocycles. The summed E-state index contributed by atoms with van der Waals surface area (Å²) in [5.74, 6) is 2.16. The fraction of sp³-hybridized carbons (Fsp3) is 0.562. The molecule has 1 fully saturated rings. The Balaban J connectivity index is 1.64. The van der Waals surface area contributed by atoms with E-state index < -0.39 is 0 Å². The fourth-order valence-corrected chi connectivity index (χ4v) is 3.18. The number of likely N-dealkylation sites (N-methyl/N-ethyl adjacent to an activating group) is 1. The highest BCUT2D eigenvalue weighted by molar-refractivity contribution is 7.15. The molecule has 0 saturated heterocycles. The van der Waals surface area contributed by atoms with E-state index in [0.717, 1.165) is 23.1 Å². The number of nitrogens with one attached hydrogen (secondary N) is 1. The Kier molecular flexibility index (Phi) is 5.15. The second kappa shape index (κ2) is 7.31. The van der Waals surface area contributed by atoms with E-state index in [-0.39, 0.29) is 6.03 Å². The molecule has 0 spiro atoms. The number of furan rings is 1.